The van der Waals surface area contributed by atoms with Crippen LogP contribution in [0, 0.1) is 0 Å². The minimum atomic E-state index is -3.50. The maximum atomic E-state index is 12.2. The fourth-order valence-electron chi connectivity index (χ4n) is 2.02. The van der Waals surface area contributed by atoms with E-state index in [4.69, 9.17) is 12.2 Å². The van der Waals surface area contributed by atoms with Crippen LogP contribution in [0.25, 0.3) is 0 Å². The van der Waals surface area contributed by atoms with Crippen molar-refractivity contribution in [2.24, 2.45) is 5.10 Å². The third-order valence-electron chi connectivity index (χ3n) is 3.44. The van der Waals surface area contributed by atoms with Gasteiger partial charge in [0, 0.05) is 24.3 Å². The van der Waals surface area contributed by atoms with Crippen LogP contribution in [-0.2, 0) is 10.0 Å². The standard InChI is InChI=1S/C17H19BrN4O2S2/c1-12(13-6-4-7-14(18)10-13)20-21-17(25)19-15-8-5-9-16(11-15)26(23,24)22(2)3/h4-11H,1-3H3,(H2,19,21,25)/b20-12+. The predicted octanol–water partition coefficient (Wildman–Crippen LogP) is 3.41. The van der Waals surface area contributed by atoms with E-state index in [1.807, 2.05) is 31.2 Å². The molecule has 26 heavy (non-hydrogen) atoms. The van der Waals surface area contributed by atoms with Gasteiger partial charge < -0.3 is 5.32 Å². The first kappa shape index (κ1) is 20.5. The van der Waals surface area contributed by atoms with Gasteiger partial charge in [0.2, 0.25) is 10.0 Å². The summed E-state index contributed by atoms with van der Waals surface area (Å²) in [5.74, 6) is 0. The number of nitrogens with zero attached hydrogens (tertiary/aromatic N) is 2. The van der Waals surface area contributed by atoms with Crippen LogP contribution in [0.5, 0.6) is 0 Å². The Morgan fingerprint density at radius 3 is 2.50 bits per heavy atom. The lowest BCUT2D eigenvalue weighted by Crippen LogP contribution is -2.25. The van der Waals surface area contributed by atoms with E-state index in [0.717, 1.165) is 20.1 Å². The lowest BCUT2D eigenvalue weighted by Gasteiger charge is -2.13. The molecule has 0 aliphatic carbocycles. The second-order valence-corrected chi connectivity index (χ2v) is 9.06. The summed E-state index contributed by atoms with van der Waals surface area (Å²) < 4.78 is 26.5. The van der Waals surface area contributed by atoms with Crippen LogP contribution in [0.1, 0.15) is 12.5 Å². The number of benzene rings is 2. The monoisotopic (exact) mass is 454 g/mol. The highest BCUT2D eigenvalue weighted by Gasteiger charge is 2.17. The normalized spacial score (nSPS) is 12.1. The summed E-state index contributed by atoms with van der Waals surface area (Å²) in [7, 11) is -0.529. The molecule has 0 fully saturated rings. The second-order valence-electron chi connectivity index (χ2n) is 5.59. The van der Waals surface area contributed by atoms with Crippen LogP contribution in [0.4, 0.5) is 5.69 Å². The Balaban J connectivity index is 2.08. The Bertz CT molecular complexity index is 943. The smallest absolute Gasteiger partial charge is 0.242 e. The molecule has 0 heterocycles. The molecular formula is C17H19BrN4O2S2. The first-order valence-electron chi connectivity index (χ1n) is 7.60. The first-order chi connectivity index (χ1) is 12.2. The molecule has 0 unspecified atom stereocenters. The van der Waals surface area contributed by atoms with Crippen molar-refractivity contribution in [1.29, 1.82) is 0 Å². The summed E-state index contributed by atoms with van der Waals surface area (Å²) >= 11 is 8.64. The third-order valence-corrected chi connectivity index (χ3v) is 5.94. The molecule has 0 saturated heterocycles. The number of anilines is 1. The van der Waals surface area contributed by atoms with Crippen molar-refractivity contribution in [3.8, 4) is 0 Å². The zero-order valence-electron chi connectivity index (χ0n) is 14.5. The van der Waals surface area contributed by atoms with Gasteiger partial charge in [0.15, 0.2) is 5.11 Å². The number of halogens is 1. The number of nitrogens with one attached hydrogen (secondary N) is 2. The quantitative estimate of drug-likeness (QED) is 0.411. The third kappa shape index (κ3) is 5.34. The zero-order valence-corrected chi connectivity index (χ0v) is 17.7. The van der Waals surface area contributed by atoms with E-state index < -0.39 is 10.0 Å². The van der Waals surface area contributed by atoms with E-state index >= 15 is 0 Å². The van der Waals surface area contributed by atoms with E-state index in [9.17, 15) is 8.42 Å². The topological polar surface area (TPSA) is 73.8 Å². The van der Waals surface area contributed by atoms with Crippen LogP contribution in [0.15, 0.2) is 63.0 Å². The SMILES string of the molecule is C/C(=N\NC(=S)Nc1cccc(S(=O)(=O)N(C)C)c1)c1cccc(Br)c1. The summed E-state index contributed by atoms with van der Waals surface area (Å²) in [6, 6.07) is 14.2. The number of hydrazone groups is 1. The molecule has 0 spiro atoms. The maximum absolute atomic E-state index is 12.2. The number of hydrogen-bond donors (Lipinski definition) is 2. The van der Waals surface area contributed by atoms with Crippen molar-refractivity contribution < 1.29 is 8.42 Å². The lowest BCUT2D eigenvalue weighted by molar-refractivity contribution is 0.521. The molecule has 2 rings (SSSR count). The Morgan fingerprint density at radius 1 is 1.15 bits per heavy atom. The molecule has 0 amide bonds. The van der Waals surface area contributed by atoms with Crippen molar-refractivity contribution in [3.63, 3.8) is 0 Å². The highest BCUT2D eigenvalue weighted by atomic mass is 79.9. The van der Waals surface area contributed by atoms with Gasteiger partial charge in [0.1, 0.15) is 0 Å². The van der Waals surface area contributed by atoms with E-state index in [2.05, 4.69) is 31.8 Å². The van der Waals surface area contributed by atoms with E-state index in [0.29, 0.717) is 5.69 Å². The number of sulfonamides is 1. The van der Waals surface area contributed by atoms with Gasteiger partial charge >= 0.3 is 0 Å². The Labute approximate surface area is 167 Å². The van der Waals surface area contributed by atoms with Gasteiger partial charge in [-0.15, -0.1) is 0 Å². The van der Waals surface area contributed by atoms with E-state index in [-0.39, 0.29) is 10.0 Å². The van der Waals surface area contributed by atoms with Gasteiger partial charge in [0.25, 0.3) is 0 Å². The molecule has 0 saturated carbocycles. The average Bonchev–Trinajstić information content (AvgIpc) is 2.59. The lowest BCUT2D eigenvalue weighted by atomic mass is 10.1. The van der Waals surface area contributed by atoms with E-state index in [1.54, 1.807) is 12.1 Å². The van der Waals surface area contributed by atoms with Crippen molar-refractivity contribution in [2.45, 2.75) is 11.8 Å². The van der Waals surface area contributed by atoms with Gasteiger partial charge in [-0.05, 0) is 55.0 Å². The largest absolute Gasteiger partial charge is 0.331 e. The summed E-state index contributed by atoms with van der Waals surface area (Å²) in [4.78, 5) is 0.184. The molecule has 9 heteroatoms. The molecule has 0 atom stereocenters. The van der Waals surface area contributed by atoms with Crippen molar-refractivity contribution in [3.05, 3.63) is 58.6 Å². The highest BCUT2D eigenvalue weighted by Crippen LogP contribution is 2.18. The minimum Gasteiger partial charge on any atom is -0.331 e. The summed E-state index contributed by atoms with van der Waals surface area (Å²) in [5, 5.41) is 7.44. The number of rotatable bonds is 5. The molecule has 0 aromatic heterocycles. The van der Waals surface area contributed by atoms with Crippen molar-refractivity contribution >= 4 is 54.7 Å². The Hall–Kier alpha value is -1.81. The molecule has 2 aromatic carbocycles. The van der Waals surface area contributed by atoms with Crippen LogP contribution in [0.2, 0.25) is 0 Å². The highest BCUT2D eigenvalue weighted by molar-refractivity contribution is 9.10. The van der Waals surface area contributed by atoms with Crippen LogP contribution in [-0.4, -0.2) is 37.6 Å². The minimum absolute atomic E-state index is 0.184. The van der Waals surface area contributed by atoms with Gasteiger partial charge in [-0.3, -0.25) is 5.43 Å². The number of hydrogen-bond acceptors (Lipinski definition) is 4. The molecule has 2 aromatic rings. The summed E-state index contributed by atoms with van der Waals surface area (Å²) in [6.07, 6.45) is 0. The molecular weight excluding hydrogens is 436 g/mol. The van der Waals surface area contributed by atoms with Gasteiger partial charge in [-0.2, -0.15) is 5.10 Å². The zero-order chi connectivity index (χ0) is 19.3. The van der Waals surface area contributed by atoms with Crippen molar-refractivity contribution in [1.82, 2.24) is 9.73 Å². The molecule has 138 valence electrons. The summed E-state index contributed by atoms with van der Waals surface area (Å²) in [5.41, 5.74) is 5.04. The molecule has 0 bridgehead atoms. The van der Waals surface area contributed by atoms with Crippen molar-refractivity contribution in [2.75, 3.05) is 19.4 Å². The molecule has 6 nitrogen and oxygen atoms in total. The van der Waals surface area contributed by atoms with Crippen LogP contribution < -0.4 is 10.7 Å². The average molecular weight is 455 g/mol. The molecule has 2 N–H and O–H groups in total. The predicted molar refractivity (Wildman–Crippen MR) is 113 cm³/mol. The number of thiocarbonyl (C=S) groups is 1. The second kappa shape index (κ2) is 8.72. The fourth-order valence-corrected chi connectivity index (χ4v) is 3.53. The Kier molecular flexibility index (Phi) is 6.87. The fraction of sp³-hybridized carbons (Fsp3) is 0.176. The van der Waals surface area contributed by atoms with Gasteiger partial charge in [-0.25, -0.2) is 12.7 Å². The summed E-state index contributed by atoms with van der Waals surface area (Å²) in [6.45, 7) is 1.86. The molecule has 0 aliphatic rings. The molecule has 0 radical (unpaired) electrons. The Morgan fingerprint density at radius 2 is 1.85 bits per heavy atom. The maximum Gasteiger partial charge on any atom is 0.242 e. The van der Waals surface area contributed by atoms with Gasteiger partial charge in [-0.1, -0.05) is 34.1 Å². The van der Waals surface area contributed by atoms with E-state index in [1.165, 1.54) is 26.2 Å². The van der Waals surface area contributed by atoms with Gasteiger partial charge in [0.05, 0.1) is 10.6 Å². The first-order valence-corrected chi connectivity index (χ1v) is 10.2. The van der Waals surface area contributed by atoms with Crippen LogP contribution in [0.3, 0.4) is 0 Å². The van der Waals surface area contributed by atoms with Crippen LogP contribution >= 0.6 is 28.1 Å². The molecule has 0 aliphatic heterocycles.